The van der Waals surface area contributed by atoms with Crippen LogP contribution in [0.1, 0.15) is 11.6 Å². The number of ether oxygens (including phenoxy) is 1. The van der Waals surface area contributed by atoms with Crippen LogP contribution in [0.4, 0.5) is 5.69 Å². The molecule has 1 aliphatic rings. The molecule has 1 heterocycles. The van der Waals surface area contributed by atoms with Crippen molar-refractivity contribution in [1.82, 2.24) is 5.32 Å². The van der Waals surface area contributed by atoms with Crippen LogP contribution in [-0.2, 0) is 4.79 Å². The Hall–Kier alpha value is -1.12. The molecule has 2 N–H and O–H groups in total. The standard InChI is InChI=1S/C15H12BrIN2O2/c1-18-14-8-6-9(16)13(7-11(8)19-15(14)20)21-12-5-3-2-4-10(12)17/h2-7,14,18H,1H3,(H,19,20). The first-order chi connectivity index (χ1) is 10.1. The second-order valence-electron chi connectivity index (χ2n) is 4.61. The van der Waals surface area contributed by atoms with E-state index in [1.54, 1.807) is 7.05 Å². The molecule has 2 aromatic carbocycles. The fraction of sp³-hybridized carbons (Fsp3) is 0.133. The highest BCUT2D eigenvalue weighted by atomic mass is 127. The molecule has 1 aliphatic heterocycles. The fourth-order valence-electron chi connectivity index (χ4n) is 2.27. The van der Waals surface area contributed by atoms with Crippen LogP contribution in [0.25, 0.3) is 0 Å². The van der Waals surface area contributed by atoms with E-state index in [9.17, 15) is 4.79 Å². The van der Waals surface area contributed by atoms with Crippen molar-refractivity contribution >= 4 is 50.1 Å². The topological polar surface area (TPSA) is 50.4 Å². The minimum absolute atomic E-state index is 0.0501. The van der Waals surface area contributed by atoms with Gasteiger partial charge in [0.05, 0.1) is 8.04 Å². The van der Waals surface area contributed by atoms with Gasteiger partial charge in [-0.15, -0.1) is 0 Å². The normalized spacial score (nSPS) is 16.5. The van der Waals surface area contributed by atoms with Gasteiger partial charge in [0, 0.05) is 17.3 Å². The second-order valence-corrected chi connectivity index (χ2v) is 6.63. The third-order valence-electron chi connectivity index (χ3n) is 3.28. The maximum absolute atomic E-state index is 11.9. The predicted molar refractivity (Wildman–Crippen MR) is 93.8 cm³/mol. The molecule has 1 unspecified atom stereocenters. The first-order valence-electron chi connectivity index (χ1n) is 6.34. The Bertz CT molecular complexity index is 721. The van der Waals surface area contributed by atoms with Crippen LogP contribution in [0.5, 0.6) is 11.5 Å². The number of nitrogens with one attached hydrogen (secondary N) is 2. The molecule has 2 aromatic rings. The van der Waals surface area contributed by atoms with Crippen LogP contribution >= 0.6 is 38.5 Å². The van der Waals surface area contributed by atoms with Crippen LogP contribution in [0.2, 0.25) is 0 Å². The average molecular weight is 459 g/mol. The smallest absolute Gasteiger partial charge is 0.246 e. The van der Waals surface area contributed by atoms with Crippen LogP contribution in [0.15, 0.2) is 40.9 Å². The van der Waals surface area contributed by atoms with Gasteiger partial charge in [0.25, 0.3) is 0 Å². The van der Waals surface area contributed by atoms with E-state index >= 15 is 0 Å². The van der Waals surface area contributed by atoms with Crippen molar-refractivity contribution in [3.63, 3.8) is 0 Å². The number of carbonyl (C=O) groups excluding carboxylic acids is 1. The van der Waals surface area contributed by atoms with E-state index in [1.165, 1.54) is 0 Å². The lowest BCUT2D eigenvalue weighted by Crippen LogP contribution is -2.23. The molecular weight excluding hydrogens is 447 g/mol. The van der Waals surface area contributed by atoms with Gasteiger partial charge in [0.1, 0.15) is 17.5 Å². The van der Waals surface area contributed by atoms with Crippen molar-refractivity contribution in [1.29, 1.82) is 0 Å². The minimum Gasteiger partial charge on any atom is -0.455 e. The lowest BCUT2D eigenvalue weighted by molar-refractivity contribution is -0.117. The number of halogens is 2. The van der Waals surface area contributed by atoms with Crippen molar-refractivity contribution in [2.45, 2.75) is 6.04 Å². The largest absolute Gasteiger partial charge is 0.455 e. The summed E-state index contributed by atoms with van der Waals surface area (Å²) in [6.45, 7) is 0. The number of hydrogen-bond acceptors (Lipinski definition) is 3. The summed E-state index contributed by atoms with van der Waals surface area (Å²) in [5.41, 5.74) is 1.70. The maximum atomic E-state index is 11.9. The molecule has 3 rings (SSSR count). The minimum atomic E-state index is -0.317. The van der Waals surface area contributed by atoms with Gasteiger partial charge < -0.3 is 15.4 Å². The van der Waals surface area contributed by atoms with Crippen LogP contribution in [0, 0.1) is 3.57 Å². The second kappa shape index (κ2) is 5.94. The van der Waals surface area contributed by atoms with E-state index < -0.39 is 0 Å². The first-order valence-corrected chi connectivity index (χ1v) is 8.21. The molecule has 1 amide bonds. The molecule has 0 saturated heterocycles. The highest BCUT2D eigenvalue weighted by molar-refractivity contribution is 14.1. The van der Waals surface area contributed by atoms with Crippen LogP contribution in [0.3, 0.4) is 0 Å². The number of benzene rings is 2. The third kappa shape index (κ3) is 2.79. The van der Waals surface area contributed by atoms with Crippen molar-refractivity contribution in [3.05, 3.63) is 50.0 Å². The molecule has 0 aliphatic carbocycles. The zero-order valence-electron chi connectivity index (χ0n) is 11.1. The molecule has 21 heavy (non-hydrogen) atoms. The molecule has 0 aromatic heterocycles. The summed E-state index contributed by atoms with van der Waals surface area (Å²) in [6, 6.07) is 11.2. The Labute approximate surface area is 144 Å². The van der Waals surface area contributed by atoms with E-state index in [4.69, 9.17) is 4.74 Å². The summed E-state index contributed by atoms with van der Waals surface area (Å²) in [6.07, 6.45) is 0. The van der Waals surface area contributed by atoms with Crippen molar-refractivity contribution in [3.8, 4) is 11.5 Å². The van der Waals surface area contributed by atoms with Crippen molar-refractivity contribution < 1.29 is 9.53 Å². The predicted octanol–water partition coefficient (Wildman–Crippen LogP) is 4.06. The Kier molecular flexibility index (Phi) is 4.19. The summed E-state index contributed by atoms with van der Waals surface area (Å²) in [4.78, 5) is 11.9. The lowest BCUT2D eigenvalue weighted by atomic mass is 10.1. The fourth-order valence-corrected chi connectivity index (χ4v) is 3.21. The maximum Gasteiger partial charge on any atom is 0.246 e. The average Bonchev–Trinajstić information content (AvgIpc) is 2.76. The number of amides is 1. The van der Waals surface area contributed by atoms with Crippen molar-refractivity contribution in [2.75, 3.05) is 12.4 Å². The van der Waals surface area contributed by atoms with Gasteiger partial charge in [-0.3, -0.25) is 4.79 Å². The van der Waals surface area contributed by atoms with E-state index in [0.717, 1.165) is 25.0 Å². The van der Waals surface area contributed by atoms with Gasteiger partial charge in [0.15, 0.2) is 0 Å². The van der Waals surface area contributed by atoms with E-state index in [2.05, 4.69) is 49.2 Å². The molecule has 0 spiro atoms. The lowest BCUT2D eigenvalue weighted by Gasteiger charge is -2.12. The summed E-state index contributed by atoms with van der Waals surface area (Å²) in [5, 5.41) is 5.86. The Balaban J connectivity index is 1.98. The quantitative estimate of drug-likeness (QED) is 0.682. The van der Waals surface area contributed by atoms with E-state index in [0.29, 0.717) is 5.75 Å². The summed E-state index contributed by atoms with van der Waals surface area (Å²) in [5.74, 6) is 1.41. The molecule has 0 saturated carbocycles. The zero-order valence-corrected chi connectivity index (χ0v) is 14.9. The van der Waals surface area contributed by atoms with Crippen molar-refractivity contribution in [2.24, 2.45) is 0 Å². The molecule has 108 valence electrons. The summed E-state index contributed by atoms with van der Waals surface area (Å²) >= 11 is 5.74. The number of likely N-dealkylation sites (N-methyl/N-ethyl adjacent to an activating group) is 1. The van der Waals surface area contributed by atoms with E-state index in [-0.39, 0.29) is 11.9 Å². The first kappa shape index (κ1) is 14.8. The van der Waals surface area contributed by atoms with Gasteiger partial charge in [-0.25, -0.2) is 0 Å². The number of anilines is 1. The highest BCUT2D eigenvalue weighted by Crippen LogP contribution is 2.40. The number of fused-ring (bicyclic) bond motifs is 1. The van der Waals surface area contributed by atoms with Crippen LogP contribution in [-0.4, -0.2) is 13.0 Å². The number of hydrogen-bond donors (Lipinski definition) is 2. The Morgan fingerprint density at radius 3 is 2.76 bits per heavy atom. The zero-order chi connectivity index (χ0) is 15.0. The molecule has 0 radical (unpaired) electrons. The molecule has 1 atom stereocenters. The van der Waals surface area contributed by atoms with Gasteiger partial charge in [-0.1, -0.05) is 12.1 Å². The molecule has 0 bridgehead atoms. The third-order valence-corrected chi connectivity index (χ3v) is 4.79. The monoisotopic (exact) mass is 458 g/mol. The highest BCUT2D eigenvalue weighted by Gasteiger charge is 2.30. The summed E-state index contributed by atoms with van der Waals surface area (Å²) in [7, 11) is 1.77. The Morgan fingerprint density at radius 2 is 2.05 bits per heavy atom. The van der Waals surface area contributed by atoms with Gasteiger partial charge in [0.2, 0.25) is 5.91 Å². The molecular formula is C15H12BrIN2O2. The summed E-state index contributed by atoms with van der Waals surface area (Å²) < 4.78 is 7.79. The van der Waals surface area contributed by atoms with Gasteiger partial charge in [-0.05, 0) is 63.8 Å². The number of carbonyl (C=O) groups is 1. The van der Waals surface area contributed by atoms with Gasteiger partial charge in [-0.2, -0.15) is 0 Å². The number of para-hydroxylation sites is 1. The SMILES string of the molecule is CNC1C(=O)Nc2cc(Oc3ccccc3I)c(Br)cc21. The van der Waals surface area contributed by atoms with Crippen LogP contribution < -0.4 is 15.4 Å². The molecule has 0 fully saturated rings. The van der Waals surface area contributed by atoms with E-state index in [1.807, 2.05) is 36.4 Å². The number of rotatable bonds is 3. The molecule has 6 heteroatoms. The Morgan fingerprint density at radius 1 is 1.29 bits per heavy atom. The van der Waals surface area contributed by atoms with Gasteiger partial charge >= 0.3 is 0 Å². The molecule has 4 nitrogen and oxygen atoms in total.